The third-order valence-electron chi connectivity index (χ3n) is 1.50. The SMILES string of the molecule is C=Cc1cc(OCC)ccc1Cl. The van der Waals surface area contributed by atoms with Gasteiger partial charge in [-0.15, -0.1) is 0 Å². The maximum Gasteiger partial charge on any atom is 0.119 e. The first-order valence-electron chi connectivity index (χ1n) is 3.82. The first kappa shape index (κ1) is 9.14. The van der Waals surface area contributed by atoms with Crippen LogP contribution in [0.4, 0.5) is 0 Å². The van der Waals surface area contributed by atoms with E-state index in [9.17, 15) is 0 Å². The third kappa shape index (κ3) is 2.02. The Balaban J connectivity index is 2.96. The average Bonchev–Trinajstić information content (AvgIpc) is 2.09. The topological polar surface area (TPSA) is 9.23 Å². The Morgan fingerprint density at radius 3 is 2.92 bits per heavy atom. The van der Waals surface area contributed by atoms with Crippen molar-refractivity contribution in [2.45, 2.75) is 6.92 Å². The Labute approximate surface area is 77.6 Å². The van der Waals surface area contributed by atoms with E-state index >= 15 is 0 Å². The summed E-state index contributed by atoms with van der Waals surface area (Å²) < 4.78 is 5.30. The van der Waals surface area contributed by atoms with Gasteiger partial charge in [0.1, 0.15) is 5.75 Å². The molecule has 0 aliphatic rings. The van der Waals surface area contributed by atoms with Gasteiger partial charge in [0, 0.05) is 5.02 Å². The molecule has 0 N–H and O–H groups in total. The number of halogens is 1. The summed E-state index contributed by atoms with van der Waals surface area (Å²) in [5.74, 6) is 0.830. The molecule has 1 rings (SSSR count). The summed E-state index contributed by atoms with van der Waals surface area (Å²) in [5.41, 5.74) is 0.905. The summed E-state index contributed by atoms with van der Waals surface area (Å²) in [4.78, 5) is 0. The maximum absolute atomic E-state index is 5.87. The Hall–Kier alpha value is -0.950. The van der Waals surface area contributed by atoms with E-state index in [2.05, 4.69) is 6.58 Å². The van der Waals surface area contributed by atoms with Crippen LogP contribution in [0.5, 0.6) is 5.75 Å². The Bertz CT molecular complexity index is 281. The molecular formula is C10H11ClO. The molecule has 0 aromatic heterocycles. The van der Waals surface area contributed by atoms with Gasteiger partial charge in [-0.3, -0.25) is 0 Å². The second-order valence-corrected chi connectivity index (χ2v) is 2.73. The van der Waals surface area contributed by atoms with Gasteiger partial charge in [0.2, 0.25) is 0 Å². The van der Waals surface area contributed by atoms with E-state index < -0.39 is 0 Å². The Morgan fingerprint density at radius 1 is 1.58 bits per heavy atom. The molecule has 0 saturated heterocycles. The van der Waals surface area contributed by atoms with Crippen molar-refractivity contribution in [2.24, 2.45) is 0 Å². The molecule has 2 heteroatoms. The van der Waals surface area contributed by atoms with Crippen molar-refractivity contribution in [3.8, 4) is 5.75 Å². The van der Waals surface area contributed by atoms with E-state index in [0.29, 0.717) is 11.6 Å². The average molecular weight is 183 g/mol. The van der Waals surface area contributed by atoms with Crippen LogP contribution in [0.2, 0.25) is 5.02 Å². The van der Waals surface area contributed by atoms with Gasteiger partial charge in [-0.1, -0.05) is 24.3 Å². The third-order valence-corrected chi connectivity index (χ3v) is 1.84. The lowest BCUT2D eigenvalue weighted by atomic mass is 10.2. The summed E-state index contributed by atoms with van der Waals surface area (Å²) in [7, 11) is 0. The summed E-state index contributed by atoms with van der Waals surface area (Å²) in [6, 6.07) is 5.53. The quantitative estimate of drug-likeness (QED) is 0.697. The Morgan fingerprint density at radius 2 is 2.33 bits per heavy atom. The van der Waals surface area contributed by atoms with E-state index in [1.54, 1.807) is 6.08 Å². The van der Waals surface area contributed by atoms with E-state index in [1.807, 2.05) is 25.1 Å². The Kier molecular flexibility index (Phi) is 3.18. The number of rotatable bonds is 3. The van der Waals surface area contributed by atoms with E-state index in [-0.39, 0.29) is 0 Å². The van der Waals surface area contributed by atoms with Gasteiger partial charge < -0.3 is 4.74 Å². The molecule has 0 bridgehead atoms. The predicted molar refractivity (Wildman–Crippen MR) is 52.7 cm³/mol. The van der Waals surface area contributed by atoms with Crippen LogP contribution in [0.1, 0.15) is 12.5 Å². The molecule has 0 spiro atoms. The fourth-order valence-corrected chi connectivity index (χ4v) is 1.13. The van der Waals surface area contributed by atoms with Crippen molar-refractivity contribution in [3.63, 3.8) is 0 Å². The van der Waals surface area contributed by atoms with Crippen molar-refractivity contribution in [3.05, 3.63) is 35.4 Å². The predicted octanol–water partition coefficient (Wildman–Crippen LogP) is 3.38. The van der Waals surface area contributed by atoms with Crippen molar-refractivity contribution in [1.29, 1.82) is 0 Å². The molecule has 0 unspecified atom stereocenters. The molecule has 12 heavy (non-hydrogen) atoms. The van der Waals surface area contributed by atoms with E-state index in [0.717, 1.165) is 11.3 Å². The van der Waals surface area contributed by atoms with Gasteiger partial charge >= 0.3 is 0 Å². The zero-order chi connectivity index (χ0) is 8.97. The summed E-state index contributed by atoms with van der Waals surface area (Å²) in [5, 5.41) is 0.702. The van der Waals surface area contributed by atoms with Crippen LogP contribution >= 0.6 is 11.6 Å². The maximum atomic E-state index is 5.87. The molecule has 0 amide bonds. The molecule has 1 aromatic rings. The monoisotopic (exact) mass is 182 g/mol. The number of ether oxygens (including phenoxy) is 1. The fourth-order valence-electron chi connectivity index (χ4n) is 0.935. The van der Waals surface area contributed by atoms with Gasteiger partial charge in [-0.2, -0.15) is 0 Å². The number of benzene rings is 1. The van der Waals surface area contributed by atoms with Crippen LogP contribution < -0.4 is 4.74 Å². The second-order valence-electron chi connectivity index (χ2n) is 2.32. The van der Waals surface area contributed by atoms with Crippen LogP contribution in [0.3, 0.4) is 0 Å². The summed E-state index contributed by atoms with van der Waals surface area (Å²) >= 11 is 5.87. The molecule has 0 aliphatic heterocycles. The zero-order valence-electron chi connectivity index (χ0n) is 7.01. The van der Waals surface area contributed by atoms with Crippen molar-refractivity contribution in [2.75, 3.05) is 6.61 Å². The minimum absolute atomic E-state index is 0.665. The lowest BCUT2D eigenvalue weighted by Gasteiger charge is -2.04. The normalized spacial score (nSPS) is 9.50. The summed E-state index contributed by atoms with van der Waals surface area (Å²) in [6.45, 7) is 6.26. The van der Waals surface area contributed by atoms with Crippen LogP contribution in [-0.4, -0.2) is 6.61 Å². The van der Waals surface area contributed by atoms with Crippen molar-refractivity contribution in [1.82, 2.24) is 0 Å². The van der Waals surface area contributed by atoms with Gasteiger partial charge in [0.25, 0.3) is 0 Å². The molecule has 0 heterocycles. The molecule has 0 radical (unpaired) electrons. The highest BCUT2D eigenvalue weighted by Gasteiger charge is 1.97. The molecule has 1 aromatic carbocycles. The second kappa shape index (κ2) is 4.17. The van der Waals surface area contributed by atoms with E-state index in [4.69, 9.17) is 16.3 Å². The highest BCUT2D eigenvalue weighted by atomic mass is 35.5. The van der Waals surface area contributed by atoms with Gasteiger partial charge in [-0.05, 0) is 30.7 Å². The van der Waals surface area contributed by atoms with Crippen LogP contribution in [0, 0.1) is 0 Å². The fraction of sp³-hybridized carbons (Fsp3) is 0.200. The molecule has 1 nitrogen and oxygen atoms in total. The number of hydrogen-bond donors (Lipinski definition) is 0. The minimum atomic E-state index is 0.665. The smallest absolute Gasteiger partial charge is 0.119 e. The highest BCUT2D eigenvalue weighted by molar-refractivity contribution is 6.32. The lowest BCUT2D eigenvalue weighted by Crippen LogP contribution is -1.91. The largest absolute Gasteiger partial charge is 0.494 e. The summed E-state index contributed by atoms with van der Waals surface area (Å²) in [6.07, 6.45) is 1.71. The minimum Gasteiger partial charge on any atom is -0.494 e. The van der Waals surface area contributed by atoms with Gasteiger partial charge in [0.05, 0.1) is 6.61 Å². The molecule has 0 aliphatic carbocycles. The standard InChI is InChI=1S/C10H11ClO/c1-3-8-7-9(12-4-2)5-6-10(8)11/h3,5-7H,1,4H2,2H3. The molecule has 0 saturated carbocycles. The molecule has 64 valence electrons. The number of hydrogen-bond acceptors (Lipinski definition) is 1. The van der Waals surface area contributed by atoms with Crippen LogP contribution in [0.25, 0.3) is 6.08 Å². The highest BCUT2D eigenvalue weighted by Crippen LogP contribution is 2.22. The molecular weight excluding hydrogens is 172 g/mol. The van der Waals surface area contributed by atoms with Crippen LogP contribution in [0.15, 0.2) is 24.8 Å². The van der Waals surface area contributed by atoms with Crippen molar-refractivity contribution >= 4 is 17.7 Å². The molecule has 0 fully saturated rings. The van der Waals surface area contributed by atoms with Crippen molar-refractivity contribution < 1.29 is 4.74 Å². The van der Waals surface area contributed by atoms with Crippen LogP contribution in [-0.2, 0) is 0 Å². The van der Waals surface area contributed by atoms with E-state index in [1.165, 1.54) is 0 Å². The lowest BCUT2D eigenvalue weighted by molar-refractivity contribution is 0.340. The van der Waals surface area contributed by atoms with Gasteiger partial charge in [0.15, 0.2) is 0 Å². The molecule has 0 atom stereocenters. The zero-order valence-corrected chi connectivity index (χ0v) is 7.77. The van der Waals surface area contributed by atoms with Gasteiger partial charge in [-0.25, -0.2) is 0 Å². The first-order chi connectivity index (χ1) is 5.77. The first-order valence-corrected chi connectivity index (χ1v) is 4.20.